The molecule has 2 atom stereocenters. The normalized spacial score (nSPS) is 13.1. The van der Waals surface area contributed by atoms with Crippen molar-refractivity contribution < 1.29 is 19.4 Å². The Hall–Kier alpha value is -2.53. The Morgan fingerprint density at radius 3 is 2.21 bits per heavy atom. The van der Waals surface area contributed by atoms with Crippen LogP contribution in [0.25, 0.3) is 0 Å². The van der Waals surface area contributed by atoms with Gasteiger partial charge in [-0.05, 0) is 56.2 Å². The highest BCUT2D eigenvalue weighted by Gasteiger charge is 2.21. The molecule has 5 heteroatoms. The fraction of sp³-hybridized carbons (Fsp3) is 0.316. The summed E-state index contributed by atoms with van der Waals surface area (Å²) in [4.78, 5) is 11.1. The Kier molecular flexibility index (Phi) is 6.63. The summed E-state index contributed by atoms with van der Waals surface area (Å²) in [6.45, 7) is 2.17. The Labute approximate surface area is 142 Å². The van der Waals surface area contributed by atoms with E-state index in [0.29, 0.717) is 19.4 Å². The molecule has 0 spiro atoms. The largest absolute Gasteiger partial charge is 0.494 e. The molecular weight excluding hydrogens is 306 g/mol. The molecule has 0 fully saturated rings. The average molecular weight is 329 g/mol. The summed E-state index contributed by atoms with van der Waals surface area (Å²) in [5.74, 6) is 0.851. The van der Waals surface area contributed by atoms with Crippen LogP contribution in [0.1, 0.15) is 19.8 Å². The second-order valence-electron chi connectivity index (χ2n) is 5.68. The molecule has 2 aromatic carbocycles. The third-order valence-electron chi connectivity index (χ3n) is 3.68. The molecule has 0 saturated heterocycles. The number of hydrogen-bond acceptors (Lipinski definition) is 4. The van der Waals surface area contributed by atoms with Crippen molar-refractivity contribution in [3.05, 3.63) is 54.6 Å². The van der Waals surface area contributed by atoms with Crippen molar-refractivity contribution in [3.63, 3.8) is 0 Å². The van der Waals surface area contributed by atoms with E-state index in [0.717, 1.165) is 17.2 Å². The van der Waals surface area contributed by atoms with Crippen LogP contribution in [0.15, 0.2) is 54.6 Å². The number of carboxylic acids is 1. The predicted octanol–water partition coefficient (Wildman–Crippen LogP) is 3.69. The molecular formula is C19H23NO4. The maximum absolute atomic E-state index is 11.1. The third-order valence-corrected chi connectivity index (χ3v) is 3.68. The first kappa shape index (κ1) is 17.8. The first-order valence-electron chi connectivity index (χ1n) is 8.00. The Bertz CT molecular complexity index is 626. The van der Waals surface area contributed by atoms with Gasteiger partial charge >= 0.3 is 5.97 Å². The van der Waals surface area contributed by atoms with Crippen LogP contribution >= 0.6 is 0 Å². The number of benzene rings is 2. The van der Waals surface area contributed by atoms with Gasteiger partial charge < -0.3 is 20.3 Å². The van der Waals surface area contributed by atoms with Crippen molar-refractivity contribution >= 4 is 5.97 Å². The average Bonchev–Trinajstić information content (AvgIpc) is 2.56. The van der Waals surface area contributed by atoms with E-state index in [4.69, 9.17) is 20.3 Å². The monoisotopic (exact) mass is 329 g/mol. The molecule has 5 nitrogen and oxygen atoms in total. The quantitative estimate of drug-likeness (QED) is 0.686. The first-order valence-corrected chi connectivity index (χ1v) is 8.00. The van der Waals surface area contributed by atoms with Gasteiger partial charge in [-0.15, -0.1) is 0 Å². The van der Waals surface area contributed by atoms with E-state index in [2.05, 4.69) is 0 Å². The molecule has 0 aliphatic heterocycles. The zero-order valence-electron chi connectivity index (χ0n) is 13.7. The Morgan fingerprint density at radius 2 is 1.62 bits per heavy atom. The van der Waals surface area contributed by atoms with Gasteiger partial charge in [-0.1, -0.05) is 18.2 Å². The molecule has 3 N–H and O–H groups in total. The van der Waals surface area contributed by atoms with Crippen molar-refractivity contribution in [1.82, 2.24) is 0 Å². The van der Waals surface area contributed by atoms with Crippen LogP contribution in [0.3, 0.4) is 0 Å². The van der Waals surface area contributed by atoms with E-state index < -0.39 is 11.9 Å². The van der Waals surface area contributed by atoms with Gasteiger partial charge in [0.05, 0.1) is 12.5 Å². The maximum Gasteiger partial charge on any atom is 0.308 e. The fourth-order valence-electron chi connectivity index (χ4n) is 2.33. The molecule has 2 aromatic rings. The lowest BCUT2D eigenvalue weighted by Gasteiger charge is -2.16. The summed E-state index contributed by atoms with van der Waals surface area (Å²) in [6, 6.07) is 16.5. The second kappa shape index (κ2) is 8.93. The molecule has 0 amide bonds. The predicted molar refractivity (Wildman–Crippen MR) is 92.5 cm³/mol. The van der Waals surface area contributed by atoms with Gasteiger partial charge in [0, 0.05) is 6.04 Å². The van der Waals surface area contributed by atoms with Crippen LogP contribution < -0.4 is 15.2 Å². The standard InChI is InChI=1S/C19H23NO4/c1-14(20)18(19(21)22)8-5-13-23-15-9-11-17(12-10-15)24-16-6-3-2-4-7-16/h2-4,6-7,9-12,14,18H,5,8,13,20H2,1H3,(H,21,22). The summed E-state index contributed by atoms with van der Waals surface area (Å²) in [6.07, 6.45) is 1.14. The summed E-state index contributed by atoms with van der Waals surface area (Å²) in [5, 5.41) is 9.08. The molecule has 2 unspecified atom stereocenters. The molecule has 0 aromatic heterocycles. The Balaban J connectivity index is 1.77. The highest BCUT2D eigenvalue weighted by atomic mass is 16.5. The molecule has 2 rings (SSSR count). The van der Waals surface area contributed by atoms with E-state index in [9.17, 15) is 4.79 Å². The van der Waals surface area contributed by atoms with E-state index in [1.165, 1.54) is 0 Å². The fourth-order valence-corrected chi connectivity index (χ4v) is 2.33. The topological polar surface area (TPSA) is 81.8 Å². The molecule has 0 aliphatic rings. The molecule has 0 heterocycles. The van der Waals surface area contributed by atoms with E-state index >= 15 is 0 Å². The summed E-state index contributed by atoms with van der Waals surface area (Å²) in [5.41, 5.74) is 5.68. The number of aliphatic carboxylic acids is 1. The smallest absolute Gasteiger partial charge is 0.308 e. The molecule has 24 heavy (non-hydrogen) atoms. The van der Waals surface area contributed by atoms with Crippen molar-refractivity contribution in [1.29, 1.82) is 0 Å². The Morgan fingerprint density at radius 1 is 1.04 bits per heavy atom. The third kappa shape index (κ3) is 5.59. The zero-order valence-corrected chi connectivity index (χ0v) is 13.7. The van der Waals surface area contributed by atoms with E-state index in [1.807, 2.05) is 54.6 Å². The lowest BCUT2D eigenvalue weighted by molar-refractivity contribution is -0.142. The van der Waals surface area contributed by atoms with Crippen LogP contribution in [0.2, 0.25) is 0 Å². The lowest BCUT2D eigenvalue weighted by atomic mass is 9.97. The van der Waals surface area contributed by atoms with Gasteiger partial charge in [0.25, 0.3) is 0 Å². The van der Waals surface area contributed by atoms with Crippen LogP contribution in [-0.2, 0) is 4.79 Å². The highest BCUT2D eigenvalue weighted by molar-refractivity contribution is 5.70. The van der Waals surface area contributed by atoms with Crippen LogP contribution in [0, 0.1) is 5.92 Å². The van der Waals surface area contributed by atoms with Crippen LogP contribution in [0.4, 0.5) is 0 Å². The number of para-hydroxylation sites is 1. The number of nitrogens with two attached hydrogens (primary N) is 1. The van der Waals surface area contributed by atoms with Crippen molar-refractivity contribution in [2.75, 3.05) is 6.61 Å². The van der Waals surface area contributed by atoms with Crippen molar-refractivity contribution in [3.8, 4) is 17.2 Å². The van der Waals surface area contributed by atoms with E-state index in [1.54, 1.807) is 6.92 Å². The molecule has 0 radical (unpaired) electrons. The van der Waals surface area contributed by atoms with Gasteiger partial charge in [0.2, 0.25) is 0 Å². The van der Waals surface area contributed by atoms with Crippen molar-refractivity contribution in [2.45, 2.75) is 25.8 Å². The highest BCUT2D eigenvalue weighted by Crippen LogP contribution is 2.23. The van der Waals surface area contributed by atoms with Gasteiger partial charge in [-0.3, -0.25) is 4.79 Å². The minimum Gasteiger partial charge on any atom is -0.494 e. The van der Waals surface area contributed by atoms with Gasteiger partial charge in [-0.2, -0.15) is 0 Å². The lowest BCUT2D eigenvalue weighted by Crippen LogP contribution is -2.33. The van der Waals surface area contributed by atoms with E-state index in [-0.39, 0.29) is 6.04 Å². The van der Waals surface area contributed by atoms with Gasteiger partial charge in [-0.25, -0.2) is 0 Å². The maximum atomic E-state index is 11.1. The number of rotatable bonds is 9. The molecule has 128 valence electrons. The zero-order chi connectivity index (χ0) is 17.4. The molecule has 0 aliphatic carbocycles. The second-order valence-corrected chi connectivity index (χ2v) is 5.68. The van der Waals surface area contributed by atoms with Gasteiger partial charge in [0.1, 0.15) is 17.2 Å². The van der Waals surface area contributed by atoms with Crippen molar-refractivity contribution in [2.24, 2.45) is 11.7 Å². The minimum atomic E-state index is -0.854. The van der Waals surface area contributed by atoms with Gasteiger partial charge in [0.15, 0.2) is 0 Å². The van der Waals surface area contributed by atoms with Crippen LogP contribution in [0.5, 0.6) is 17.2 Å². The summed E-state index contributed by atoms with van der Waals surface area (Å²) in [7, 11) is 0. The number of carbonyl (C=O) groups is 1. The SMILES string of the molecule is CC(N)C(CCCOc1ccc(Oc2ccccc2)cc1)C(=O)O. The minimum absolute atomic E-state index is 0.364. The summed E-state index contributed by atoms with van der Waals surface area (Å²) >= 11 is 0. The van der Waals surface area contributed by atoms with Crippen LogP contribution in [-0.4, -0.2) is 23.7 Å². The first-order chi connectivity index (χ1) is 11.6. The molecule has 0 bridgehead atoms. The number of carboxylic acid groups (broad SMARTS) is 1. The molecule has 0 saturated carbocycles. The summed E-state index contributed by atoms with van der Waals surface area (Å²) < 4.78 is 11.3. The number of hydrogen-bond donors (Lipinski definition) is 2. The number of ether oxygens (including phenoxy) is 2.